The molecule has 0 fully saturated rings. The molecule has 0 unspecified atom stereocenters. The second-order valence-electron chi connectivity index (χ2n) is 10.6. The lowest BCUT2D eigenvalue weighted by atomic mass is 10.1. The van der Waals surface area contributed by atoms with Crippen molar-refractivity contribution in [2.75, 3.05) is 26.4 Å². The lowest BCUT2D eigenvalue weighted by molar-refractivity contribution is -0.146. The van der Waals surface area contributed by atoms with Gasteiger partial charge in [-0.2, -0.15) is 0 Å². The highest BCUT2D eigenvalue weighted by molar-refractivity contribution is 5.69. The first-order valence-corrected chi connectivity index (χ1v) is 16.1. The van der Waals surface area contributed by atoms with Gasteiger partial charge in [0.1, 0.15) is 13.2 Å². The van der Waals surface area contributed by atoms with Crippen molar-refractivity contribution in [3.05, 3.63) is 0 Å². The molecule has 0 aliphatic carbocycles. The van der Waals surface area contributed by atoms with Gasteiger partial charge in [-0.3, -0.25) is 9.59 Å². The van der Waals surface area contributed by atoms with Gasteiger partial charge in [-0.15, -0.1) is 0 Å². The van der Waals surface area contributed by atoms with Crippen LogP contribution in [0.25, 0.3) is 0 Å². The molecular weight excluding hydrogens is 464 g/mol. The molecule has 0 atom stereocenters. The van der Waals surface area contributed by atoms with Gasteiger partial charge in [0.2, 0.25) is 0 Å². The van der Waals surface area contributed by atoms with Crippen molar-refractivity contribution in [3.63, 3.8) is 0 Å². The maximum atomic E-state index is 11.8. The van der Waals surface area contributed by atoms with Crippen LogP contribution in [0.5, 0.6) is 0 Å². The smallest absolute Gasteiger partial charge is 0.305 e. The first kappa shape index (κ1) is 35.9. The molecule has 0 bridgehead atoms. The Bertz CT molecular complexity index is 438. The summed E-state index contributed by atoms with van der Waals surface area (Å²) in [7, 11) is 0. The topological polar surface area (TPSA) is 61.8 Å². The van der Waals surface area contributed by atoms with Crippen LogP contribution in [0, 0.1) is 0 Å². The second-order valence-corrected chi connectivity index (χ2v) is 10.6. The number of hydrogen-bond acceptors (Lipinski definition) is 5. The van der Waals surface area contributed by atoms with Gasteiger partial charge < -0.3 is 14.2 Å². The molecule has 0 aromatic heterocycles. The van der Waals surface area contributed by atoms with E-state index < -0.39 is 0 Å². The largest absolute Gasteiger partial charge is 0.463 e. The molecule has 5 heteroatoms. The zero-order valence-corrected chi connectivity index (χ0v) is 24.8. The molecule has 37 heavy (non-hydrogen) atoms. The third kappa shape index (κ3) is 31.0. The predicted octanol–water partition coefficient (Wildman–Crippen LogP) is 9.49. The first-order chi connectivity index (χ1) is 18.2. The van der Waals surface area contributed by atoms with E-state index >= 15 is 0 Å². The summed E-state index contributed by atoms with van der Waals surface area (Å²) in [4.78, 5) is 23.6. The molecule has 5 nitrogen and oxygen atoms in total. The Labute approximate surface area is 230 Å². The summed E-state index contributed by atoms with van der Waals surface area (Å²) in [6, 6.07) is 0. The van der Waals surface area contributed by atoms with E-state index in [1.54, 1.807) is 0 Å². The Morgan fingerprint density at radius 1 is 0.378 bits per heavy atom. The number of ether oxygens (including phenoxy) is 3. The minimum absolute atomic E-state index is 0.141. The van der Waals surface area contributed by atoms with Crippen LogP contribution in [0.3, 0.4) is 0 Å². The van der Waals surface area contributed by atoms with Gasteiger partial charge in [0.05, 0.1) is 13.2 Å². The molecule has 0 saturated heterocycles. The Morgan fingerprint density at radius 3 is 0.946 bits per heavy atom. The molecule has 0 amide bonds. The summed E-state index contributed by atoms with van der Waals surface area (Å²) in [5.41, 5.74) is 0. The van der Waals surface area contributed by atoms with Crippen LogP contribution in [0.2, 0.25) is 0 Å². The van der Waals surface area contributed by atoms with Gasteiger partial charge in [0.25, 0.3) is 0 Å². The van der Waals surface area contributed by atoms with Crippen LogP contribution < -0.4 is 0 Å². The number of rotatable bonds is 30. The van der Waals surface area contributed by atoms with Crippen molar-refractivity contribution < 1.29 is 23.8 Å². The van der Waals surface area contributed by atoms with E-state index in [0.717, 1.165) is 25.7 Å². The Balaban J connectivity index is 3.26. The van der Waals surface area contributed by atoms with E-state index in [1.165, 1.54) is 116 Å². The fraction of sp³-hybridized carbons (Fsp3) is 0.938. The Hall–Kier alpha value is -1.10. The highest BCUT2D eigenvalue weighted by Gasteiger charge is 2.04. The molecule has 0 heterocycles. The number of hydrogen-bond donors (Lipinski definition) is 0. The van der Waals surface area contributed by atoms with Crippen molar-refractivity contribution in [3.8, 4) is 0 Å². The Kier molecular flexibility index (Phi) is 30.2. The average Bonchev–Trinajstić information content (AvgIpc) is 2.89. The summed E-state index contributed by atoms with van der Waals surface area (Å²) in [6.07, 6.45) is 29.0. The zero-order chi connectivity index (χ0) is 27.1. The average molecular weight is 527 g/mol. The minimum atomic E-state index is -0.141. The van der Waals surface area contributed by atoms with E-state index in [9.17, 15) is 9.59 Å². The van der Waals surface area contributed by atoms with Gasteiger partial charge >= 0.3 is 11.9 Å². The van der Waals surface area contributed by atoms with Crippen LogP contribution in [0.15, 0.2) is 0 Å². The molecule has 0 rings (SSSR count). The zero-order valence-electron chi connectivity index (χ0n) is 24.8. The number of esters is 2. The van der Waals surface area contributed by atoms with Gasteiger partial charge in [-0.1, -0.05) is 142 Å². The molecule has 0 aromatic rings. The van der Waals surface area contributed by atoms with Gasteiger partial charge in [0.15, 0.2) is 0 Å². The second kappa shape index (κ2) is 31.1. The summed E-state index contributed by atoms with van der Waals surface area (Å²) in [6.45, 7) is 5.74. The van der Waals surface area contributed by atoms with Crippen molar-refractivity contribution in [2.24, 2.45) is 0 Å². The maximum Gasteiger partial charge on any atom is 0.305 e. The van der Waals surface area contributed by atoms with Crippen molar-refractivity contribution in [1.29, 1.82) is 0 Å². The predicted molar refractivity (Wildman–Crippen MR) is 155 cm³/mol. The molecule has 0 aromatic carbocycles. The standard InChI is InChI=1S/C32H62O5/c1-3-5-7-9-11-13-15-17-19-21-23-25-31(33)36-29-27-35-28-30-37-32(34)26-24-22-20-18-16-14-12-10-8-6-4-2/h3-30H2,1-2H3. The molecular formula is C32H62O5. The molecule has 0 radical (unpaired) electrons. The molecule has 0 N–H and O–H groups in total. The van der Waals surface area contributed by atoms with E-state index in [0.29, 0.717) is 26.1 Å². The van der Waals surface area contributed by atoms with Crippen molar-refractivity contribution in [2.45, 2.75) is 168 Å². The lowest BCUT2D eigenvalue weighted by Crippen LogP contribution is -2.14. The molecule has 0 aliphatic rings. The highest BCUT2D eigenvalue weighted by Crippen LogP contribution is 2.13. The van der Waals surface area contributed by atoms with E-state index in [2.05, 4.69) is 13.8 Å². The van der Waals surface area contributed by atoms with Crippen molar-refractivity contribution in [1.82, 2.24) is 0 Å². The first-order valence-electron chi connectivity index (χ1n) is 16.1. The normalized spacial score (nSPS) is 11.1. The molecule has 0 aliphatic heterocycles. The van der Waals surface area contributed by atoms with Crippen LogP contribution >= 0.6 is 0 Å². The molecule has 0 spiro atoms. The molecule has 220 valence electrons. The third-order valence-corrected chi connectivity index (χ3v) is 6.95. The van der Waals surface area contributed by atoms with Crippen LogP contribution in [0.4, 0.5) is 0 Å². The summed E-state index contributed by atoms with van der Waals surface area (Å²) in [5.74, 6) is -0.282. The van der Waals surface area contributed by atoms with E-state index in [4.69, 9.17) is 14.2 Å². The Morgan fingerprint density at radius 2 is 0.649 bits per heavy atom. The van der Waals surface area contributed by atoms with E-state index in [1.807, 2.05) is 0 Å². The summed E-state index contributed by atoms with van der Waals surface area (Å²) < 4.78 is 15.8. The van der Waals surface area contributed by atoms with Crippen molar-refractivity contribution >= 4 is 11.9 Å². The maximum absolute atomic E-state index is 11.8. The summed E-state index contributed by atoms with van der Waals surface area (Å²) >= 11 is 0. The van der Waals surface area contributed by atoms with Gasteiger partial charge in [0, 0.05) is 12.8 Å². The SMILES string of the molecule is CCCCCCCCCCCCCC(=O)OCCOCCOC(=O)CCCCCCCCCCCCC. The fourth-order valence-electron chi connectivity index (χ4n) is 4.54. The highest BCUT2D eigenvalue weighted by atomic mass is 16.6. The minimum Gasteiger partial charge on any atom is -0.463 e. The number of carbonyl (C=O) groups excluding carboxylic acids is 2. The third-order valence-electron chi connectivity index (χ3n) is 6.95. The fourth-order valence-corrected chi connectivity index (χ4v) is 4.54. The van der Waals surface area contributed by atoms with Crippen LogP contribution in [-0.4, -0.2) is 38.4 Å². The van der Waals surface area contributed by atoms with Crippen LogP contribution in [-0.2, 0) is 23.8 Å². The lowest BCUT2D eigenvalue weighted by Gasteiger charge is -2.07. The van der Waals surface area contributed by atoms with E-state index in [-0.39, 0.29) is 25.2 Å². The number of unbranched alkanes of at least 4 members (excludes halogenated alkanes) is 20. The van der Waals surface area contributed by atoms with Crippen LogP contribution in [0.1, 0.15) is 168 Å². The summed E-state index contributed by atoms with van der Waals surface area (Å²) in [5, 5.41) is 0. The monoisotopic (exact) mass is 526 g/mol. The number of carbonyl (C=O) groups is 2. The quantitative estimate of drug-likeness (QED) is 0.0689. The van der Waals surface area contributed by atoms with Gasteiger partial charge in [-0.25, -0.2) is 0 Å². The van der Waals surface area contributed by atoms with Gasteiger partial charge in [-0.05, 0) is 12.8 Å². The molecule has 0 saturated carbocycles.